The van der Waals surface area contributed by atoms with E-state index in [-0.39, 0.29) is 23.0 Å². The van der Waals surface area contributed by atoms with E-state index < -0.39 is 0 Å². The van der Waals surface area contributed by atoms with Gasteiger partial charge >= 0.3 is 0 Å². The summed E-state index contributed by atoms with van der Waals surface area (Å²) in [5, 5.41) is 8.11. The van der Waals surface area contributed by atoms with Crippen LogP contribution in [0.1, 0.15) is 45.3 Å². The number of para-hydroxylation sites is 1. The van der Waals surface area contributed by atoms with Crippen LogP contribution in [0.5, 0.6) is 0 Å². The van der Waals surface area contributed by atoms with Crippen molar-refractivity contribution in [2.45, 2.75) is 51.7 Å². The van der Waals surface area contributed by atoms with Gasteiger partial charge < -0.3 is 4.74 Å². The van der Waals surface area contributed by atoms with E-state index in [0.29, 0.717) is 12.8 Å². The summed E-state index contributed by atoms with van der Waals surface area (Å²) in [5.41, 5.74) is 0.901. The van der Waals surface area contributed by atoms with E-state index in [4.69, 9.17) is 4.74 Å². The molecule has 0 unspecified atom stereocenters. The van der Waals surface area contributed by atoms with Crippen molar-refractivity contribution in [3.05, 3.63) is 24.3 Å². The number of aromatic nitrogens is 3. The van der Waals surface area contributed by atoms with Crippen LogP contribution in [-0.2, 0) is 4.74 Å². The van der Waals surface area contributed by atoms with E-state index in [1.54, 1.807) is 0 Å². The van der Waals surface area contributed by atoms with E-state index in [2.05, 4.69) is 10.3 Å². The first-order valence-corrected chi connectivity index (χ1v) is 7.32. The lowest BCUT2D eigenvalue weighted by molar-refractivity contribution is -0.167. The Morgan fingerprint density at radius 3 is 2.48 bits per heavy atom. The van der Waals surface area contributed by atoms with Gasteiger partial charge in [-0.05, 0) is 52.7 Å². The van der Waals surface area contributed by atoms with E-state index in [0.717, 1.165) is 11.0 Å². The van der Waals surface area contributed by atoms with E-state index in [1.165, 1.54) is 4.68 Å². The standard InChI is InChI=1S/C16H21N3O2/c1-15(2)9-11(10-16(3,4)21-15)14(20)19-13-8-6-5-7-12(13)17-18-19/h5-8,11H,9-10H2,1-4H3. The Labute approximate surface area is 124 Å². The highest BCUT2D eigenvalue weighted by Gasteiger charge is 2.42. The summed E-state index contributed by atoms with van der Waals surface area (Å²) in [4.78, 5) is 12.9. The highest BCUT2D eigenvalue weighted by atomic mass is 16.5. The maximum atomic E-state index is 12.9. The zero-order valence-electron chi connectivity index (χ0n) is 13.0. The zero-order chi connectivity index (χ0) is 15.3. The molecule has 2 heterocycles. The fraction of sp³-hybridized carbons (Fsp3) is 0.562. The molecule has 2 aromatic rings. The van der Waals surface area contributed by atoms with Crippen molar-refractivity contribution >= 4 is 16.9 Å². The minimum absolute atomic E-state index is 0.00755. The maximum Gasteiger partial charge on any atom is 0.252 e. The number of hydrogen-bond acceptors (Lipinski definition) is 4. The number of nitrogens with zero attached hydrogens (tertiary/aromatic N) is 3. The molecule has 3 rings (SSSR count). The Morgan fingerprint density at radius 1 is 1.19 bits per heavy atom. The van der Waals surface area contributed by atoms with Crippen molar-refractivity contribution in [1.29, 1.82) is 0 Å². The normalized spacial score (nSPS) is 21.5. The molecule has 0 amide bonds. The highest BCUT2D eigenvalue weighted by Crippen LogP contribution is 2.39. The molecule has 0 bridgehead atoms. The first-order valence-electron chi connectivity index (χ1n) is 7.32. The number of carbonyl (C=O) groups excluding carboxylic acids is 1. The molecule has 1 aromatic carbocycles. The summed E-state index contributed by atoms with van der Waals surface area (Å²) in [6.45, 7) is 8.14. The Bertz CT molecular complexity index is 672. The molecule has 1 aromatic heterocycles. The SMILES string of the molecule is CC1(C)CC(C(=O)n2nnc3ccccc32)CC(C)(C)O1. The quantitative estimate of drug-likeness (QED) is 0.809. The van der Waals surface area contributed by atoms with Crippen molar-refractivity contribution in [1.82, 2.24) is 15.0 Å². The first-order chi connectivity index (χ1) is 9.77. The van der Waals surface area contributed by atoms with Crippen molar-refractivity contribution < 1.29 is 9.53 Å². The molecule has 21 heavy (non-hydrogen) atoms. The summed E-state index contributed by atoms with van der Waals surface area (Å²) in [5.74, 6) is -0.0954. The topological polar surface area (TPSA) is 57.0 Å². The molecule has 0 spiro atoms. The number of benzene rings is 1. The molecule has 112 valence electrons. The second-order valence-corrected chi connectivity index (χ2v) is 7.05. The molecular formula is C16H21N3O2. The highest BCUT2D eigenvalue weighted by molar-refractivity contribution is 5.90. The van der Waals surface area contributed by atoms with Crippen LogP contribution in [0, 0.1) is 5.92 Å². The molecule has 0 N–H and O–H groups in total. The van der Waals surface area contributed by atoms with Crippen LogP contribution < -0.4 is 0 Å². The van der Waals surface area contributed by atoms with Gasteiger partial charge in [0.05, 0.1) is 16.7 Å². The Morgan fingerprint density at radius 2 is 1.81 bits per heavy atom. The maximum absolute atomic E-state index is 12.9. The number of fused-ring (bicyclic) bond motifs is 1. The molecule has 5 heteroatoms. The molecule has 0 aliphatic carbocycles. The number of hydrogen-bond donors (Lipinski definition) is 0. The largest absolute Gasteiger partial charge is 0.370 e. The molecule has 0 radical (unpaired) electrons. The molecule has 0 atom stereocenters. The molecule has 1 aliphatic rings. The minimum Gasteiger partial charge on any atom is -0.370 e. The van der Waals surface area contributed by atoms with Gasteiger partial charge in [-0.1, -0.05) is 17.3 Å². The number of carbonyl (C=O) groups is 1. The van der Waals surface area contributed by atoms with Gasteiger partial charge in [-0.15, -0.1) is 5.10 Å². The third kappa shape index (κ3) is 2.70. The lowest BCUT2D eigenvalue weighted by atomic mass is 9.80. The third-order valence-electron chi connectivity index (χ3n) is 3.94. The number of rotatable bonds is 1. The monoisotopic (exact) mass is 287 g/mol. The summed E-state index contributed by atoms with van der Waals surface area (Å²) < 4.78 is 7.49. The zero-order valence-corrected chi connectivity index (χ0v) is 13.0. The van der Waals surface area contributed by atoms with Crippen molar-refractivity contribution in [3.63, 3.8) is 0 Å². The van der Waals surface area contributed by atoms with Crippen LogP contribution in [0.3, 0.4) is 0 Å². The molecule has 1 saturated heterocycles. The van der Waals surface area contributed by atoms with Crippen LogP contribution in [0.25, 0.3) is 11.0 Å². The Hall–Kier alpha value is -1.75. The summed E-state index contributed by atoms with van der Waals surface area (Å²) >= 11 is 0. The second kappa shape index (κ2) is 4.63. The summed E-state index contributed by atoms with van der Waals surface area (Å²) in [6.07, 6.45) is 1.40. The van der Waals surface area contributed by atoms with Gasteiger partial charge in [0.2, 0.25) is 0 Å². The van der Waals surface area contributed by atoms with Gasteiger partial charge in [-0.3, -0.25) is 4.79 Å². The molecule has 1 aliphatic heterocycles. The summed E-state index contributed by atoms with van der Waals surface area (Å²) in [6, 6.07) is 7.53. The fourth-order valence-corrected chi connectivity index (χ4v) is 3.47. The van der Waals surface area contributed by atoms with E-state index >= 15 is 0 Å². The molecule has 5 nitrogen and oxygen atoms in total. The van der Waals surface area contributed by atoms with Crippen molar-refractivity contribution in [3.8, 4) is 0 Å². The summed E-state index contributed by atoms with van der Waals surface area (Å²) in [7, 11) is 0. The van der Waals surface area contributed by atoms with E-state index in [9.17, 15) is 4.79 Å². The molecule has 0 saturated carbocycles. The number of ether oxygens (including phenoxy) is 1. The lowest BCUT2D eigenvalue weighted by Crippen LogP contribution is -2.48. The third-order valence-corrected chi connectivity index (χ3v) is 3.94. The average molecular weight is 287 g/mol. The van der Waals surface area contributed by atoms with Gasteiger partial charge in [0.15, 0.2) is 0 Å². The van der Waals surface area contributed by atoms with Gasteiger partial charge in [0, 0.05) is 5.92 Å². The Balaban J connectivity index is 1.94. The van der Waals surface area contributed by atoms with Crippen LogP contribution in [0.2, 0.25) is 0 Å². The van der Waals surface area contributed by atoms with Gasteiger partial charge in [0.25, 0.3) is 5.91 Å². The smallest absolute Gasteiger partial charge is 0.252 e. The first kappa shape index (κ1) is 14.2. The van der Waals surface area contributed by atoms with E-state index in [1.807, 2.05) is 52.0 Å². The average Bonchev–Trinajstić information content (AvgIpc) is 2.78. The molecular weight excluding hydrogens is 266 g/mol. The van der Waals surface area contributed by atoms with Crippen molar-refractivity contribution in [2.75, 3.05) is 0 Å². The second-order valence-electron chi connectivity index (χ2n) is 7.05. The lowest BCUT2D eigenvalue weighted by Gasteiger charge is -2.44. The minimum atomic E-state index is -0.307. The van der Waals surface area contributed by atoms with Crippen LogP contribution >= 0.6 is 0 Å². The molecule has 1 fully saturated rings. The predicted molar refractivity (Wildman–Crippen MR) is 80.1 cm³/mol. The fourth-order valence-electron chi connectivity index (χ4n) is 3.47. The van der Waals surface area contributed by atoms with Crippen LogP contribution in [0.15, 0.2) is 24.3 Å². The van der Waals surface area contributed by atoms with Crippen molar-refractivity contribution in [2.24, 2.45) is 5.92 Å². The van der Waals surface area contributed by atoms with Gasteiger partial charge in [-0.25, -0.2) is 0 Å². The predicted octanol–water partition coefficient (Wildman–Crippen LogP) is 3.06. The van der Waals surface area contributed by atoms with Crippen LogP contribution in [-0.4, -0.2) is 32.1 Å². The Kier molecular flexibility index (Phi) is 3.13. The van der Waals surface area contributed by atoms with Gasteiger partial charge in [0.1, 0.15) is 5.52 Å². The van der Waals surface area contributed by atoms with Crippen LogP contribution in [0.4, 0.5) is 0 Å². The van der Waals surface area contributed by atoms with Gasteiger partial charge in [-0.2, -0.15) is 4.68 Å².